The number of carbonyl (C=O) groups is 2. The summed E-state index contributed by atoms with van der Waals surface area (Å²) in [5, 5.41) is 11.9. The van der Waals surface area contributed by atoms with Crippen LogP contribution < -0.4 is 19.5 Å². The molecule has 0 heterocycles. The van der Waals surface area contributed by atoms with E-state index in [0.29, 0.717) is 27.8 Å². The summed E-state index contributed by atoms with van der Waals surface area (Å²) in [4.78, 5) is 23.9. The zero-order valence-electron chi connectivity index (χ0n) is 16.5. The maximum atomic E-state index is 12.0. The molecule has 2 aromatic carbocycles. The molecule has 9 heteroatoms. The number of esters is 1. The maximum absolute atomic E-state index is 12.0. The Balaban J connectivity index is 1.99. The molecule has 1 N–H and O–H groups in total. The Morgan fingerprint density at radius 3 is 2.33 bits per heavy atom. The number of amides is 1. The van der Waals surface area contributed by atoms with Gasteiger partial charge in [0, 0.05) is 11.1 Å². The Morgan fingerprint density at radius 1 is 1.10 bits per heavy atom. The number of ether oxygens (including phenoxy) is 4. The Hall–Kier alpha value is -3.70. The molecule has 0 aromatic heterocycles. The van der Waals surface area contributed by atoms with Crippen LogP contribution in [-0.4, -0.2) is 39.8 Å². The van der Waals surface area contributed by atoms with Crippen LogP contribution >= 0.6 is 11.6 Å². The highest BCUT2D eigenvalue weighted by Gasteiger charge is 2.13. The van der Waals surface area contributed by atoms with Crippen LogP contribution in [0.3, 0.4) is 0 Å². The van der Waals surface area contributed by atoms with Crippen molar-refractivity contribution < 1.29 is 28.5 Å². The molecular weight excluding hydrogens is 412 g/mol. The van der Waals surface area contributed by atoms with E-state index in [0.717, 1.165) is 6.08 Å². The first-order valence-corrected chi connectivity index (χ1v) is 8.94. The smallest absolute Gasteiger partial charge is 0.331 e. The quantitative estimate of drug-likeness (QED) is 0.505. The van der Waals surface area contributed by atoms with Crippen molar-refractivity contribution in [3.05, 3.63) is 52.6 Å². The lowest BCUT2D eigenvalue weighted by molar-refractivity contribution is -0.142. The molecule has 8 nitrogen and oxygen atoms in total. The van der Waals surface area contributed by atoms with Crippen LogP contribution in [-0.2, 0) is 14.3 Å². The fraction of sp³-hybridized carbons (Fsp3) is 0.190. The predicted octanol–water partition coefficient (Wildman–Crippen LogP) is 3.43. The fourth-order valence-corrected chi connectivity index (χ4v) is 2.62. The van der Waals surface area contributed by atoms with Gasteiger partial charge in [-0.1, -0.05) is 11.6 Å². The van der Waals surface area contributed by atoms with Crippen LogP contribution in [0.5, 0.6) is 17.2 Å². The Labute approximate surface area is 178 Å². The third kappa shape index (κ3) is 5.90. The van der Waals surface area contributed by atoms with E-state index in [1.165, 1.54) is 45.6 Å². The highest BCUT2D eigenvalue weighted by Crippen LogP contribution is 2.38. The molecule has 1 amide bonds. The Bertz CT molecular complexity index is 988. The van der Waals surface area contributed by atoms with Crippen molar-refractivity contribution in [2.24, 2.45) is 0 Å². The normalized spacial score (nSPS) is 10.2. The first-order chi connectivity index (χ1) is 14.4. The molecule has 0 bridgehead atoms. The molecule has 2 aromatic rings. The zero-order chi connectivity index (χ0) is 22.1. The second kappa shape index (κ2) is 10.7. The number of nitrogens with one attached hydrogen (secondary N) is 1. The minimum Gasteiger partial charge on any atom is -0.493 e. The van der Waals surface area contributed by atoms with E-state index in [9.17, 15) is 9.59 Å². The lowest BCUT2D eigenvalue weighted by Crippen LogP contribution is -2.20. The van der Waals surface area contributed by atoms with Crippen LogP contribution in [0, 0.1) is 11.3 Å². The third-order valence-electron chi connectivity index (χ3n) is 3.82. The molecule has 0 aliphatic rings. The number of hydrogen-bond donors (Lipinski definition) is 1. The lowest BCUT2D eigenvalue weighted by Gasteiger charge is -2.12. The summed E-state index contributed by atoms with van der Waals surface area (Å²) >= 11 is 5.87. The number of rotatable bonds is 8. The van der Waals surface area contributed by atoms with Gasteiger partial charge in [0.15, 0.2) is 18.1 Å². The summed E-state index contributed by atoms with van der Waals surface area (Å²) in [6.07, 6.45) is 2.64. The van der Waals surface area contributed by atoms with Gasteiger partial charge in [-0.2, -0.15) is 5.26 Å². The number of nitriles is 1. The first kappa shape index (κ1) is 22.6. The van der Waals surface area contributed by atoms with Gasteiger partial charge in [0.05, 0.1) is 32.6 Å². The van der Waals surface area contributed by atoms with Gasteiger partial charge in [-0.3, -0.25) is 4.79 Å². The molecule has 0 aliphatic heterocycles. The van der Waals surface area contributed by atoms with Gasteiger partial charge < -0.3 is 24.3 Å². The highest BCUT2D eigenvalue weighted by atomic mass is 35.5. The number of hydrogen-bond acceptors (Lipinski definition) is 7. The second-order valence-corrected chi connectivity index (χ2v) is 6.19. The van der Waals surface area contributed by atoms with Crippen molar-refractivity contribution in [2.45, 2.75) is 0 Å². The Morgan fingerprint density at radius 2 is 1.77 bits per heavy atom. The zero-order valence-corrected chi connectivity index (χ0v) is 17.3. The minimum absolute atomic E-state index is 0.235. The summed E-state index contributed by atoms with van der Waals surface area (Å²) in [5.41, 5.74) is 1.07. The summed E-state index contributed by atoms with van der Waals surface area (Å²) in [7, 11) is 4.45. The second-order valence-electron chi connectivity index (χ2n) is 5.75. The SMILES string of the molecule is COc1cc(C=CC(=O)OCC(=O)Nc2cc(Cl)ccc2C#N)cc(OC)c1OC. The van der Waals surface area contributed by atoms with Gasteiger partial charge in [-0.15, -0.1) is 0 Å². The molecule has 0 unspecified atom stereocenters. The van der Waals surface area contributed by atoms with Gasteiger partial charge in [0.2, 0.25) is 5.75 Å². The van der Waals surface area contributed by atoms with Crippen molar-refractivity contribution in [1.29, 1.82) is 5.26 Å². The van der Waals surface area contributed by atoms with Gasteiger partial charge in [-0.25, -0.2) is 4.79 Å². The summed E-state index contributed by atoms with van der Waals surface area (Å²) in [6, 6.07) is 9.69. The number of benzene rings is 2. The van der Waals surface area contributed by atoms with E-state index in [2.05, 4.69) is 5.32 Å². The van der Waals surface area contributed by atoms with E-state index in [4.69, 9.17) is 35.8 Å². The minimum atomic E-state index is -0.731. The molecule has 2 rings (SSSR count). The lowest BCUT2D eigenvalue weighted by atomic mass is 10.1. The van der Waals surface area contributed by atoms with Gasteiger partial charge >= 0.3 is 5.97 Å². The van der Waals surface area contributed by atoms with Crippen molar-refractivity contribution >= 4 is 35.2 Å². The standard InChI is InChI=1S/C21H19ClN2O6/c1-27-17-8-13(9-18(28-2)21(17)29-3)4-7-20(26)30-12-19(25)24-16-10-15(22)6-5-14(16)11-23/h4-10H,12H2,1-3H3,(H,24,25). The molecule has 30 heavy (non-hydrogen) atoms. The molecule has 0 fully saturated rings. The molecule has 0 aliphatic carbocycles. The predicted molar refractivity (Wildman–Crippen MR) is 111 cm³/mol. The summed E-state index contributed by atoms with van der Waals surface area (Å²) in [6.45, 7) is -0.532. The van der Waals surface area contributed by atoms with E-state index < -0.39 is 18.5 Å². The van der Waals surface area contributed by atoms with Crippen molar-refractivity contribution in [1.82, 2.24) is 0 Å². The highest BCUT2D eigenvalue weighted by molar-refractivity contribution is 6.31. The van der Waals surface area contributed by atoms with Crippen molar-refractivity contribution in [3.8, 4) is 23.3 Å². The van der Waals surface area contributed by atoms with Gasteiger partial charge in [-0.05, 0) is 42.0 Å². The number of carbonyl (C=O) groups excluding carboxylic acids is 2. The van der Waals surface area contributed by atoms with E-state index in [1.807, 2.05) is 6.07 Å². The van der Waals surface area contributed by atoms with Crippen LogP contribution in [0.2, 0.25) is 5.02 Å². The van der Waals surface area contributed by atoms with E-state index in [-0.39, 0.29) is 11.3 Å². The number of methoxy groups -OCH3 is 3. The van der Waals surface area contributed by atoms with Crippen LogP contribution in [0.25, 0.3) is 6.08 Å². The van der Waals surface area contributed by atoms with Crippen LogP contribution in [0.15, 0.2) is 36.4 Å². The van der Waals surface area contributed by atoms with Crippen LogP contribution in [0.4, 0.5) is 5.69 Å². The molecule has 0 spiro atoms. The van der Waals surface area contributed by atoms with Crippen molar-refractivity contribution in [2.75, 3.05) is 33.3 Å². The maximum Gasteiger partial charge on any atom is 0.331 e. The van der Waals surface area contributed by atoms with Gasteiger partial charge in [0.25, 0.3) is 5.91 Å². The third-order valence-corrected chi connectivity index (χ3v) is 4.06. The van der Waals surface area contributed by atoms with E-state index in [1.54, 1.807) is 12.1 Å². The average Bonchev–Trinajstić information content (AvgIpc) is 2.75. The molecule has 0 saturated carbocycles. The van der Waals surface area contributed by atoms with Gasteiger partial charge in [0.1, 0.15) is 6.07 Å². The first-order valence-electron chi connectivity index (χ1n) is 8.56. The summed E-state index contributed by atoms with van der Waals surface area (Å²) < 4.78 is 20.7. The Kier molecular flexibility index (Phi) is 8.08. The number of nitrogens with zero attached hydrogens (tertiary/aromatic N) is 1. The van der Waals surface area contributed by atoms with Crippen molar-refractivity contribution in [3.63, 3.8) is 0 Å². The topological polar surface area (TPSA) is 107 Å². The van der Waals surface area contributed by atoms with E-state index >= 15 is 0 Å². The fourth-order valence-electron chi connectivity index (χ4n) is 2.45. The molecule has 0 saturated heterocycles. The average molecular weight is 431 g/mol. The monoisotopic (exact) mass is 430 g/mol. The number of anilines is 1. The molecule has 0 atom stereocenters. The summed E-state index contributed by atoms with van der Waals surface area (Å²) in [5.74, 6) is -0.0546. The van der Waals surface area contributed by atoms with Crippen LogP contribution in [0.1, 0.15) is 11.1 Å². The number of halogens is 1. The molecule has 0 radical (unpaired) electrons. The largest absolute Gasteiger partial charge is 0.493 e. The molecule has 156 valence electrons. The molecular formula is C21H19ClN2O6.